The van der Waals surface area contributed by atoms with Crippen molar-refractivity contribution in [2.75, 3.05) is 6.61 Å². The Morgan fingerprint density at radius 2 is 1.81 bits per heavy atom. The van der Waals surface area contributed by atoms with E-state index in [-0.39, 0.29) is 33.5 Å². The van der Waals surface area contributed by atoms with E-state index in [9.17, 15) is 19.7 Å². The molecule has 1 aliphatic rings. The number of hydrogen-bond donors (Lipinski definition) is 0. The highest BCUT2D eigenvalue weighted by molar-refractivity contribution is 7.07. The molecule has 3 aromatic carbocycles. The zero-order chi connectivity index (χ0) is 33.4. The van der Waals surface area contributed by atoms with Crippen LogP contribution in [0.4, 0.5) is 5.69 Å². The summed E-state index contributed by atoms with van der Waals surface area (Å²) in [6.07, 6.45) is 1.59. The van der Waals surface area contributed by atoms with Gasteiger partial charge in [0.25, 0.3) is 11.2 Å². The normalized spacial score (nSPS) is 14.7. The molecule has 47 heavy (non-hydrogen) atoms. The largest absolute Gasteiger partial charge is 0.463 e. The summed E-state index contributed by atoms with van der Waals surface area (Å²) >= 11 is 13.6. The van der Waals surface area contributed by atoms with Gasteiger partial charge in [0, 0.05) is 23.3 Å². The number of nitrogens with zero attached hydrogens (tertiary/aromatic N) is 3. The van der Waals surface area contributed by atoms with Crippen LogP contribution in [0.1, 0.15) is 55.2 Å². The minimum atomic E-state index is -0.808. The van der Waals surface area contributed by atoms with E-state index in [1.54, 1.807) is 25.1 Å². The summed E-state index contributed by atoms with van der Waals surface area (Å²) in [6.45, 7) is 6.08. The van der Waals surface area contributed by atoms with Crippen LogP contribution < -0.4 is 14.9 Å². The van der Waals surface area contributed by atoms with Crippen LogP contribution >= 0.6 is 34.5 Å². The number of esters is 1. The highest BCUT2D eigenvalue weighted by Gasteiger charge is 2.35. The Kier molecular flexibility index (Phi) is 9.01. The Hall–Kier alpha value is -4.77. The van der Waals surface area contributed by atoms with Gasteiger partial charge < -0.3 is 9.15 Å². The van der Waals surface area contributed by atoms with Gasteiger partial charge in [-0.15, -0.1) is 0 Å². The molecule has 0 saturated carbocycles. The van der Waals surface area contributed by atoms with Crippen molar-refractivity contribution in [1.82, 2.24) is 4.57 Å². The number of carbonyl (C=O) groups is 1. The fourth-order valence-electron chi connectivity index (χ4n) is 5.39. The van der Waals surface area contributed by atoms with Crippen molar-refractivity contribution in [2.24, 2.45) is 4.99 Å². The number of nitro groups is 1. The number of nitro benzene ring substituents is 1. The molecule has 2 aromatic heterocycles. The van der Waals surface area contributed by atoms with Gasteiger partial charge in [0.2, 0.25) is 0 Å². The molecule has 0 fully saturated rings. The number of hydrogen-bond acceptors (Lipinski definition) is 8. The lowest BCUT2D eigenvalue weighted by molar-refractivity contribution is -0.384. The van der Waals surface area contributed by atoms with Crippen LogP contribution in [-0.2, 0) is 9.53 Å². The number of aromatic nitrogens is 1. The van der Waals surface area contributed by atoms with Crippen LogP contribution in [0, 0.1) is 10.1 Å². The first-order valence-electron chi connectivity index (χ1n) is 14.7. The Labute approximate surface area is 282 Å². The highest BCUT2D eigenvalue weighted by atomic mass is 35.5. The van der Waals surface area contributed by atoms with Crippen molar-refractivity contribution in [1.29, 1.82) is 0 Å². The predicted molar refractivity (Wildman–Crippen MR) is 182 cm³/mol. The predicted octanol–water partition coefficient (Wildman–Crippen LogP) is 7.53. The van der Waals surface area contributed by atoms with Crippen LogP contribution in [0.5, 0.6) is 0 Å². The number of furan rings is 1. The quantitative estimate of drug-likeness (QED) is 0.0945. The molecule has 0 amide bonds. The van der Waals surface area contributed by atoms with E-state index in [0.717, 1.165) is 22.5 Å². The Bertz CT molecular complexity index is 2240. The van der Waals surface area contributed by atoms with Gasteiger partial charge in [-0.05, 0) is 42.2 Å². The molecule has 0 N–H and O–H groups in total. The third-order valence-corrected chi connectivity index (χ3v) is 9.29. The van der Waals surface area contributed by atoms with Gasteiger partial charge in [-0.3, -0.25) is 19.5 Å². The summed E-state index contributed by atoms with van der Waals surface area (Å²) in [4.78, 5) is 43.8. The van der Waals surface area contributed by atoms with Crippen molar-refractivity contribution in [2.45, 2.75) is 32.7 Å². The molecule has 1 atom stereocenters. The molecule has 1 aliphatic heterocycles. The summed E-state index contributed by atoms with van der Waals surface area (Å²) in [5, 5.41) is 11.3. The smallest absolute Gasteiger partial charge is 0.338 e. The van der Waals surface area contributed by atoms with Crippen LogP contribution in [0.15, 0.2) is 98.6 Å². The van der Waals surface area contributed by atoms with Gasteiger partial charge in [-0.2, -0.15) is 0 Å². The van der Waals surface area contributed by atoms with E-state index in [1.165, 1.54) is 16.7 Å². The summed E-state index contributed by atoms with van der Waals surface area (Å²) in [6, 6.07) is 22.2. The number of fused-ring (bicyclic) bond motifs is 1. The fourth-order valence-corrected chi connectivity index (χ4v) is 6.85. The maximum absolute atomic E-state index is 14.2. The van der Waals surface area contributed by atoms with Crippen molar-refractivity contribution >= 4 is 58.0 Å². The molecule has 12 heteroatoms. The zero-order valence-electron chi connectivity index (χ0n) is 25.4. The van der Waals surface area contributed by atoms with Gasteiger partial charge in [-0.1, -0.05) is 103 Å². The van der Waals surface area contributed by atoms with Crippen LogP contribution in [0.25, 0.3) is 23.1 Å². The van der Waals surface area contributed by atoms with Gasteiger partial charge in [-0.25, -0.2) is 9.79 Å². The summed E-state index contributed by atoms with van der Waals surface area (Å²) in [5.41, 5.74) is 2.94. The topological polar surface area (TPSA) is 117 Å². The monoisotopic (exact) mass is 687 g/mol. The van der Waals surface area contributed by atoms with E-state index in [0.29, 0.717) is 43.6 Å². The van der Waals surface area contributed by atoms with Crippen LogP contribution in [-0.4, -0.2) is 22.1 Å². The number of benzene rings is 3. The Balaban J connectivity index is 1.53. The van der Waals surface area contributed by atoms with Gasteiger partial charge in [0.1, 0.15) is 16.5 Å². The Morgan fingerprint density at radius 3 is 2.47 bits per heavy atom. The van der Waals surface area contributed by atoms with Gasteiger partial charge in [0.05, 0.1) is 38.4 Å². The van der Waals surface area contributed by atoms with E-state index in [1.807, 2.05) is 54.6 Å². The molecule has 5 aromatic rings. The third kappa shape index (κ3) is 6.19. The second kappa shape index (κ2) is 13.2. The van der Waals surface area contributed by atoms with Gasteiger partial charge >= 0.3 is 5.97 Å². The van der Waals surface area contributed by atoms with E-state index < -0.39 is 16.9 Å². The van der Waals surface area contributed by atoms with Crippen molar-refractivity contribution in [3.05, 3.63) is 147 Å². The zero-order valence-corrected chi connectivity index (χ0v) is 27.7. The maximum Gasteiger partial charge on any atom is 0.338 e. The minimum Gasteiger partial charge on any atom is -0.463 e. The lowest BCUT2D eigenvalue weighted by Gasteiger charge is -2.26. The molecule has 0 bridgehead atoms. The Morgan fingerprint density at radius 1 is 1.09 bits per heavy atom. The van der Waals surface area contributed by atoms with E-state index in [2.05, 4.69) is 13.8 Å². The fraction of sp³-hybridized carbons (Fsp3) is 0.171. The average Bonchev–Trinajstić information content (AvgIpc) is 3.65. The molecule has 0 radical (unpaired) electrons. The lowest BCUT2D eigenvalue weighted by atomic mass is 9.91. The second-order valence-corrected chi connectivity index (χ2v) is 12.8. The standard InChI is InChI=1S/C35H27Cl2N3O6S/c1-4-45-34(42)30-31(21-8-6-5-7-9-21)38-35-39(32(30)22-12-10-20(11-13-22)19(2)3)33(41)29(47-35)16-23-14-15-28(46-23)24-17-26(37)27(40(43)44)18-25(24)36/h5-19,32H,4H2,1-3H3/b29-16+/t32-/m0/s1. The second-order valence-electron chi connectivity index (χ2n) is 11.0. The first kappa shape index (κ1) is 32.2. The SMILES string of the molecule is CCOC(=O)C1=C(c2ccccc2)N=c2s/c(=C/c3ccc(-c4cc(Cl)c([N+](=O)[O-])cc4Cl)o3)c(=O)n2[C@H]1c1ccc(C(C)C)cc1. The lowest BCUT2D eigenvalue weighted by Crippen LogP contribution is -2.40. The van der Waals surface area contributed by atoms with Crippen molar-refractivity contribution in [3.8, 4) is 11.3 Å². The van der Waals surface area contributed by atoms with Crippen molar-refractivity contribution < 1.29 is 18.9 Å². The highest BCUT2D eigenvalue weighted by Crippen LogP contribution is 2.38. The molecule has 3 heterocycles. The molecule has 6 rings (SSSR count). The number of ether oxygens (including phenoxy) is 1. The molecular weight excluding hydrogens is 661 g/mol. The summed E-state index contributed by atoms with van der Waals surface area (Å²) in [7, 11) is 0. The summed E-state index contributed by atoms with van der Waals surface area (Å²) in [5.74, 6) is 0.379. The average molecular weight is 689 g/mol. The summed E-state index contributed by atoms with van der Waals surface area (Å²) < 4.78 is 13.4. The van der Waals surface area contributed by atoms with Crippen LogP contribution in [0.3, 0.4) is 0 Å². The van der Waals surface area contributed by atoms with Gasteiger partial charge in [0.15, 0.2) is 4.80 Å². The number of carbonyl (C=O) groups excluding carboxylic acids is 1. The molecule has 0 spiro atoms. The maximum atomic E-state index is 14.2. The first-order valence-corrected chi connectivity index (χ1v) is 16.3. The molecule has 0 unspecified atom stereocenters. The van der Waals surface area contributed by atoms with Crippen molar-refractivity contribution in [3.63, 3.8) is 0 Å². The molecule has 0 saturated heterocycles. The number of thiazole rings is 1. The third-order valence-electron chi connectivity index (χ3n) is 7.69. The van der Waals surface area contributed by atoms with E-state index in [4.69, 9.17) is 37.3 Å². The minimum absolute atomic E-state index is 0.0878. The first-order chi connectivity index (χ1) is 22.6. The molecule has 238 valence electrons. The van der Waals surface area contributed by atoms with E-state index >= 15 is 0 Å². The van der Waals surface area contributed by atoms with Crippen LogP contribution in [0.2, 0.25) is 10.0 Å². The molecular formula is C35H27Cl2N3O6S. The molecule has 0 aliphatic carbocycles. The molecule has 9 nitrogen and oxygen atoms in total. The number of rotatable bonds is 8. The number of halogens is 2.